The van der Waals surface area contributed by atoms with E-state index in [0.29, 0.717) is 22.9 Å². The summed E-state index contributed by atoms with van der Waals surface area (Å²) >= 11 is 0. The molecule has 0 radical (unpaired) electrons. The maximum atomic E-state index is 12.0. The van der Waals surface area contributed by atoms with E-state index >= 15 is 0 Å². The fourth-order valence-electron chi connectivity index (χ4n) is 3.48. The molecule has 0 aliphatic heterocycles. The number of hydrogen-bond acceptors (Lipinski definition) is 8. The SMILES string of the molecule is COc1cc(Nc2c(C(=O)O)ccc(OCc3ccccc3)c2OC)c(OC)c(OC)c1OC. The van der Waals surface area contributed by atoms with Gasteiger partial charge in [0.25, 0.3) is 0 Å². The molecule has 0 aromatic heterocycles. The minimum atomic E-state index is -1.15. The van der Waals surface area contributed by atoms with Gasteiger partial charge in [-0.15, -0.1) is 0 Å². The van der Waals surface area contributed by atoms with Gasteiger partial charge in [0.2, 0.25) is 11.5 Å². The number of carboxylic acids is 1. The van der Waals surface area contributed by atoms with Crippen LogP contribution in [0.1, 0.15) is 15.9 Å². The van der Waals surface area contributed by atoms with Gasteiger partial charge in [0.15, 0.2) is 23.0 Å². The highest BCUT2D eigenvalue weighted by atomic mass is 16.5. The molecule has 0 fully saturated rings. The average Bonchev–Trinajstić information content (AvgIpc) is 2.86. The molecule has 180 valence electrons. The lowest BCUT2D eigenvalue weighted by atomic mass is 10.1. The molecule has 2 N–H and O–H groups in total. The minimum absolute atomic E-state index is 0.0280. The zero-order chi connectivity index (χ0) is 24.7. The van der Waals surface area contributed by atoms with Crippen molar-refractivity contribution in [3.63, 3.8) is 0 Å². The number of aromatic carboxylic acids is 1. The summed E-state index contributed by atoms with van der Waals surface area (Å²) in [5, 5.41) is 12.9. The van der Waals surface area contributed by atoms with Gasteiger partial charge in [-0.25, -0.2) is 4.79 Å². The van der Waals surface area contributed by atoms with Crippen LogP contribution in [0.5, 0.6) is 34.5 Å². The summed E-state index contributed by atoms with van der Waals surface area (Å²) in [6, 6.07) is 14.2. The predicted octanol–water partition coefficient (Wildman–Crippen LogP) is 4.75. The van der Waals surface area contributed by atoms with E-state index in [1.165, 1.54) is 41.6 Å². The Kier molecular flexibility index (Phi) is 7.92. The topological polar surface area (TPSA) is 105 Å². The molecule has 0 amide bonds. The van der Waals surface area contributed by atoms with E-state index < -0.39 is 5.97 Å². The zero-order valence-electron chi connectivity index (χ0n) is 19.6. The molecule has 9 nitrogen and oxygen atoms in total. The lowest BCUT2D eigenvalue weighted by Crippen LogP contribution is -2.08. The van der Waals surface area contributed by atoms with Gasteiger partial charge in [0.05, 0.1) is 52.5 Å². The Morgan fingerprint density at radius 2 is 1.41 bits per heavy atom. The first-order chi connectivity index (χ1) is 16.5. The van der Waals surface area contributed by atoms with Crippen molar-refractivity contribution in [2.75, 3.05) is 40.9 Å². The van der Waals surface area contributed by atoms with Crippen LogP contribution in [0.2, 0.25) is 0 Å². The summed E-state index contributed by atoms with van der Waals surface area (Å²) in [6.07, 6.45) is 0. The third-order valence-electron chi connectivity index (χ3n) is 5.04. The summed E-state index contributed by atoms with van der Waals surface area (Å²) < 4.78 is 33.4. The van der Waals surface area contributed by atoms with Gasteiger partial charge in [-0.1, -0.05) is 30.3 Å². The van der Waals surface area contributed by atoms with E-state index in [0.717, 1.165) is 5.56 Å². The summed E-state index contributed by atoms with van der Waals surface area (Å²) in [7, 11) is 7.32. The lowest BCUT2D eigenvalue weighted by molar-refractivity contribution is 0.0697. The Balaban J connectivity index is 2.12. The minimum Gasteiger partial charge on any atom is -0.493 e. The second-order valence-electron chi connectivity index (χ2n) is 6.95. The number of hydrogen-bond donors (Lipinski definition) is 2. The van der Waals surface area contributed by atoms with E-state index in [2.05, 4.69) is 5.32 Å². The van der Waals surface area contributed by atoms with Gasteiger partial charge in [-0.3, -0.25) is 0 Å². The average molecular weight is 469 g/mol. The molecule has 3 aromatic carbocycles. The second-order valence-corrected chi connectivity index (χ2v) is 6.95. The molecule has 34 heavy (non-hydrogen) atoms. The standard InChI is InChI=1S/C25H27NO8/c1-29-19-13-17(21(30-2)24(33-5)23(19)32-4)26-20-16(25(27)28)11-12-18(22(20)31-3)34-14-15-9-7-6-8-10-15/h6-13,26H,14H2,1-5H3,(H,27,28). The van der Waals surface area contributed by atoms with E-state index in [4.69, 9.17) is 28.4 Å². The number of anilines is 2. The molecule has 0 aliphatic carbocycles. The maximum Gasteiger partial charge on any atom is 0.337 e. The van der Waals surface area contributed by atoms with E-state index in [1.807, 2.05) is 30.3 Å². The fraction of sp³-hybridized carbons (Fsp3) is 0.240. The van der Waals surface area contributed by atoms with Crippen molar-refractivity contribution in [2.45, 2.75) is 6.61 Å². The maximum absolute atomic E-state index is 12.0. The zero-order valence-corrected chi connectivity index (χ0v) is 19.6. The highest BCUT2D eigenvalue weighted by Crippen LogP contribution is 2.51. The normalized spacial score (nSPS) is 10.3. The molecular formula is C25H27NO8. The van der Waals surface area contributed by atoms with E-state index in [-0.39, 0.29) is 35.1 Å². The fourth-order valence-corrected chi connectivity index (χ4v) is 3.48. The number of carbonyl (C=O) groups is 1. The van der Waals surface area contributed by atoms with Crippen LogP contribution >= 0.6 is 0 Å². The summed E-state index contributed by atoms with van der Waals surface area (Å²) in [4.78, 5) is 12.0. The number of methoxy groups -OCH3 is 5. The molecule has 3 rings (SSSR count). The van der Waals surface area contributed by atoms with Gasteiger partial charge in [-0.2, -0.15) is 0 Å². The molecule has 9 heteroatoms. The van der Waals surface area contributed by atoms with Crippen LogP contribution in [-0.2, 0) is 6.61 Å². The Morgan fingerprint density at radius 3 is 1.97 bits per heavy atom. The molecule has 0 aliphatic rings. The summed E-state index contributed by atoms with van der Waals surface area (Å²) in [6.45, 7) is 0.274. The lowest BCUT2D eigenvalue weighted by Gasteiger charge is -2.22. The van der Waals surface area contributed by atoms with Crippen LogP contribution < -0.4 is 33.7 Å². The van der Waals surface area contributed by atoms with Crippen molar-refractivity contribution < 1.29 is 38.3 Å². The predicted molar refractivity (Wildman–Crippen MR) is 127 cm³/mol. The first-order valence-corrected chi connectivity index (χ1v) is 10.2. The van der Waals surface area contributed by atoms with Crippen molar-refractivity contribution >= 4 is 17.3 Å². The van der Waals surface area contributed by atoms with Crippen LogP contribution in [0.3, 0.4) is 0 Å². The van der Waals surface area contributed by atoms with Gasteiger partial charge >= 0.3 is 5.97 Å². The van der Waals surface area contributed by atoms with Crippen LogP contribution in [0, 0.1) is 0 Å². The second kappa shape index (κ2) is 11.0. The Bertz CT molecular complexity index is 1150. The van der Waals surface area contributed by atoms with Crippen molar-refractivity contribution in [1.82, 2.24) is 0 Å². The Labute approximate surface area is 197 Å². The van der Waals surface area contributed by atoms with Crippen molar-refractivity contribution in [1.29, 1.82) is 0 Å². The Hall–Kier alpha value is -4.27. The van der Waals surface area contributed by atoms with E-state index in [9.17, 15) is 9.90 Å². The first kappa shape index (κ1) is 24.4. The molecule has 3 aromatic rings. The number of ether oxygens (including phenoxy) is 6. The number of carboxylic acid groups (broad SMARTS) is 1. The molecule has 0 heterocycles. The van der Waals surface area contributed by atoms with Crippen molar-refractivity contribution in [3.8, 4) is 34.5 Å². The smallest absolute Gasteiger partial charge is 0.337 e. The third-order valence-corrected chi connectivity index (χ3v) is 5.04. The number of rotatable bonds is 11. The molecule has 0 saturated heterocycles. The third kappa shape index (κ3) is 4.88. The summed E-state index contributed by atoms with van der Waals surface area (Å²) in [5.74, 6) is 0.680. The van der Waals surface area contributed by atoms with Crippen LogP contribution in [0.4, 0.5) is 11.4 Å². The molecule has 0 saturated carbocycles. The molecule has 0 unspecified atom stereocenters. The molecule has 0 bridgehead atoms. The monoisotopic (exact) mass is 469 g/mol. The Morgan fingerprint density at radius 1 is 0.765 bits per heavy atom. The van der Waals surface area contributed by atoms with Crippen LogP contribution in [-0.4, -0.2) is 46.6 Å². The first-order valence-electron chi connectivity index (χ1n) is 10.2. The van der Waals surface area contributed by atoms with Crippen LogP contribution in [0.15, 0.2) is 48.5 Å². The number of benzene rings is 3. The summed E-state index contributed by atoms with van der Waals surface area (Å²) in [5.41, 5.74) is 1.47. The molecular weight excluding hydrogens is 442 g/mol. The highest BCUT2D eigenvalue weighted by molar-refractivity contribution is 5.98. The van der Waals surface area contributed by atoms with Crippen molar-refractivity contribution in [2.24, 2.45) is 0 Å². The van der Waals surface area contributed by atoms with Crippen LogP contribution in [0.25, 0.3) is 0 Å². The van der Waals surface area contributed by atoms with Gasteiger partial charge in [-0.05, 0) is 17.7 Å². The molecule has 0 spiro atoms. The van der Waals surface area contributed by atoms with Gasteiger partial charge in [0.1, 0.15) is 6.61 Å². The van der Waals surface area contributed by atoms with Gasteiger partial charge in [0, 0.05) is 6.07 Å². The highest BCUT2D eigenvalue weighted by Gasteiger charge is 2.25. The van der Waals surface area contributed by atoms with Crippen molar-refractivity contribution in [3.05, 3.63) is 59.7 Å². The number of nitrogens with one attached hydrogen (secondary N) is 1. The van der Waals surface area contributed by atoms with Gasteiger partial charge < -0.3 is 38.8 Å². The quantitative estimate of drug-likeness (QED) is 0.412. The van der Waals surface area contributed by atoms with E-state index in [1.54, 1.807) is 12.1 Å². The largest absolute Gasteiger partial charge is 0.493 e. The molecule has 0 atom stereocenters.